The first kappa shape index (κ1) is 16.2. The van der Waals surface area contributed by atoms with Crippen LogP contribution in [-0.4, -0.2) is 29.6 Å². The fraction of sp³-hybridized carbons (Fsp3) is 0.235. The predicted octanol–water partition coefficient (Wildman–Crippen LogP) is 2.55. The molecule has 24 heavy (non-hydrogen) atoms. The summed E-state index contributed by atoms with van der Waals surface area (Å²) in [5.41, 5.74) is -1.65. The number of carboxylic acid groups (broad SMARTS) is 1. The summed E-state index contributed by atoms with van der Waals surface area (Å²) in [6.45, 7) is 1.64. The molecular formula is C17H14O6S. The Bertz CT molecular complexity index is 797. The van der Waals surface area contributed by atoms with Gasteiger partial charge >= 0.3 is 17.9 Å². The summed E-state index contributed by atoms with van der Waals surface area (Å²) >= 11 is 1.14. The molecule has 0 saturated carbocycles. The molecule has 6 nitrogen and oxygen atoms in total. The van der Waals surface area contributed by atoms with E-state index in [2.05, 4.69) is 0 Å². The van der Waals surface area contributed by atoms with E-state index >= 15 is 0 Å². The molecule has 0 saturated heterocycles. The molecule has 124 valence electrons. The number of carbonyl (C=O) groups excluding carboxylic acids is 2. The van der Waals surface area contributed by atoms with Crippen LogP contribution in [0.25, 0.3) is 0 Å². The second-order valence-corrected chi connectivity index (χ2v) is 6.13. The van der Waals surface area contributed by atoms with Crippen molar-refractivity contribution >= 4 is 29.2 Å². The maximum Gasteiger partial charge on any atom is 0.357 e. The Hall–Kier alpha value is -2.67. The normalized spacial score (nSPS) is 22.4. The topological polar surface area (TPSA) is 89.9 Å². The van der Waals surface area contributed by atoms with Gasteiger partial charge in [-0.25, -0.2) is 9.59 Å². The third kappa shape index (κ3) is 2.28. The molecule has 0 radical (unpaired) electrons. The number of esters is 2. The number of carboxylic acids is 1. The molecule has 2 aromatic rings. The van der Waals surface area contributed by atoms with E-state index in [0.717, 1.165) is 11.3 Å². The minimum atomic E-state index is -2.03. The van der Waals surface area contributed by atoms with Crippen LogP contribution < -0.4 is 0 Å². The van der Waals surface area contributed by atoms with Crippen molar-refractivity contribution in [2.45, 2.75) is 18.4 Å². The van der Waals surface area contributed by atoms with E-state index in [1.54, 1.807) is 36.6 Å². The molecule has 2 heterocycles. The summed E-state index contributed by atoms with van der Waals surface area (Å²) < 4.78 is 10.5. The highest BCUT2D eigenvalue weighted by molar-refractivity contribution is 7.10. The Morgan fingerprint density at radius 2 is 2.04 bits per heavy atom. The van der Waals surface area contributed by atoms with Gasteiger partial charge in [-0.3, -0.25) is 4.79 Å². The molecule has 0 unspecified atom stereocenters. The maximum absolute atomic E-state index is 12.7. The minimum Gasteiger partial charge on any atom is -0.481 e. The van der Waals surface area contributed by atoms with Crippen molar-refractivity contribution in [3.63, 3.8) is 0 Å². The number of cyclic esters (lactones) is 1. The van der Waals surface area contributed by atoms with Gasteiger partial charge < -0.3 is 14.6 Å². The molecule has 1 aliphatic heterocycles. The first-order valence-corrected chi connectivity index (χ1v) is 8.16. The lowest BCUT2D eigenvalue weighted by molar-refractivity contribution is -0.176. The summed E-state index contributed by atoms with van der Waals surface area (Å²) in [7, 11) is 0. The summed E-state index contributed by atoms with van der Waals surface area (Å²) in [4.78, 5) is 37.6. The van der Waals surface area contributed by atoms with Crippen molar-refractivity contribution in [1.82, 2.24) is 0 Å². The zero-order chi connectivity index (χ0) is 17.3. The SMILES string of the molecule is CCOC(=O)[C@@]1(c2cccs2)OC(=O)c2ccccc2[C@H]1C(=O)O. The van der Waals surface area contributed by atoms with Crippen LogP contribution >= 0.6 is 11.3 Å². The molecule has 0 fully saturated rings. The third-order valence-corrected chi connectivity index (χ3v) is 4.85. The van der Waals surface area contributed by atoms with Crippen LogP contribution in [0.4, 0.5) is 0 Å². The smallest absolute Gasteiger partial charge is 0.357 e. The Morgan fingerprint density at radius 3 is 2.67 bits per heavy atom. The molecule has 1 N–H and O–H groups in total. The van der Waals surface area contributed by atoms with Gasteiger partial charge in [-0.2, -0.15) is 0 Å². The lowest BCUT2D eigenvalue weighted by Gasteiger charge is -2.39. The first-order chi connectivity index (χ1) is 11.5. The number of thiophene rings is 1. The molecule has 1 aromatic carbocycles. The summed E-state index contributed by atoms with van der Waals surface area (Å²) in [5.74, 6) is -4.28. The highest BCUT2D eigenvalue weighted by Crippen LogP contribution is 2.48. The van der Waals surface area contributed by atoms with Crippen LogP contribution in [0.5, 0.6) is 0 Å². The van der Waals surface area contributed by atoms with Gasteiger partial charge in [-0.15, -0.1) is 11.3 Å². The number of fused-ring (bicyclic) bond motifs is 1. The maximum atomic E-state index is 12.7. The van der Waals surface area contributed by atoms with Gasteiger partial charge in [0.2, 0.25) is 0 Å². The molecule has 0 spiro atoms. The van der Waals surface area contributed by atoms with Gasteiger partial charge in [-0.05, 0) is 30.0 Å². The average molecular weight is 346 g/mol. The van der Waals surface area contributed by atoms with E-state index in [0.29, 0.717) is 4.88 Å². The van der Waals surface area contributed by atoms with Crippen molar-refractivity contribution in [3.05, 3.63) is 57.8 Å². The second-order valence-electron chi connectivity index (χ2n) is 5.18. The van der Waals surface area contributed by atoms with E-state index in [1.807, 2.05) is 0 Å². The fourth-order valence-corrected chi connectivity index (χ4v) is 3.78. The number of rotatable bonds is 4. The number of benzene rings is 1. The third-order valence-electron chi connectivity index (χ3n) is 3.86. The standard InChI is InChI=1S/C17H14O6S/c1-2-22-16(21)17(12-8-5-9-24-12)13(14(18)19)10-6-3-4-7-11(10)15(20)23-17/h3-9,13H,2H2,1H3,(H,18,19)/t13-,17-/m0/s1. The Morgan fingerprint density at radius 1 is 1.29 bits per heavy atom. The Kier molecular flexibility index (Phi) is 4.11. The van der Waals surface area contributed by atoms with Crippen molar-refractivity contribution in [1.29, 1.82) is 0 Å². The van der Waals surface area contributed by atoms with Crippen LogP contribution in [0.1, 0.15) is 33.6 Å². The van der Waals surface area contributed by atoms with E-state index in [4.69, 9.17) is 9.47 Å². The number of hydrogen-bond donors (Lipinski definition) is 1. The van der Waals surface area contributed by atoms with E-state index < -0.39 is 29.4 Å². The molecule has 0 aliphatic carbocycles. The van der Waals surface area contributed by atoms with Crippen molar-refractivity contribution < 1.29 is 29.0 Å². The van der Waals surface area contributed by atoms with Crippen LogP contribution in [-0.2, 0) is 24.7 Å². The van der Waals surface area contributed by atoms with Gasteiger partial charge in [-0.1, -0.05) is 24.3 Å². The quantitative estimate of drug-likeness (QED) is 0.856. The summed E-state index contributed by atoms with van der Waals surface area (Å²) in [5, 5.41) is 11.5. The largest absolute Gasteiger partial charge is 0.481 e. The zero-order valence-electron chi connectivity index (χ0n) is 12.7. The van der Waals surface area contributed by atoms with Crippen LogP contribution in [0, 0.1) is 0 Å². The van der Waals surface area contributed by atoms with Crippen LogP contribution in [0.15, 0.2) is 41.8 Å². The van der Waals surface area contributed by atoms with E-state index in [1.165, 1.54) is 12.1 Å². The molecule has 0 bridgehead atoms. The predicted molar refractivity (Wildman–Crippen MR) is 84.9 cm³/mol. The van der Waals surface area contributed by atoms with Crippen LogP contribution in [0.3, 0.4) is 0 Å². The molecule has 0 amide bonds. The fourth-order valence-electron chi connectivity index (χ4n) is 2.90. The summed E-state index contributed by atoms with van der Waals surface area (Å²) in [6.07, 6.45) is 0. The minimum absolute atomic E-state index is 0.0392. The van der Waals surface area contributed by atoms with Gasteiger partial charge in [0, 0.05) is 0 Å². The van der Waals surface area contributed by atoms with Gasteiger partial charge in [0.25, 0.3) is 5.60 Å². The van der Waals surface area contributed by atoms with Crippen molar-refractivity contribution in [3.8, 4) is 0 Å². The Balaban J connectivity index is 2.30. The molecule has 1 aliphatic rings. The number of ether oxygens (including phenoxy) is 2. The van der Waals surface area contributed by atoms with E-state index in [-0.39, 0.29) is 17.7 Å². The molecule has 1 aromatic heterocycles. The van der Waals surface area contributed by atoms with E-state index in [9.17, 15) is 19.5 Å². The summed E-state index contributed by atoms with van der Waals surface area (Å²) in [6, 6.07) is 9.47. The van der Waals surface area contributed by atoms with Gasteiger partial charge in [0.05, 0.1) is 17.0 Å². The highest BCUT2D eigenvalue weighted by atomic mass is 32.1. The first-order valence-electron chi connectivity index (χ1n) is 7.28. The number of hydrogen-bond acceptors (Lipinski definition) is 6. The lowest BCUT2D eigenvalue weighted by atomic mass is 9.76. The monoisotopic (exact) mass is 346 g/mol. The molecular weight excluding hydrogens is 332 g/mol. The van der Waals surface area contributed by atoms with Gasteiger partial charge in [0.1, 0.15) is 5.92 Å². The second kappa shape index (κ2) is 6.09. The zero-order valence-corrected chi connectivity index (χ0v) is 13.5. The highest BCUT2D eigenvalue weighted by Gasteiger charge is 2.60. The lowest BCUT2D eigenvalue weighted by Crippen LogP contribution is -2.52. The molecule has 3 rings (SSSR count). The number of aliphatic carboxylic acids is 1. The number of carbonyl (C=O) groups is 3. The van der Waals surface area contributed by atoms with Crippen LogP contribution in [0.2, 0.25) is 0 Å². The average Bonchev–Trinajstić information content (AvgIpc) is 3.09. The van der Waals surface area contributed by atoms with Crippen molar-refractivity contribution in [2.75, 3.05) is 6.61 Å². The molecule has 2 atom stereocenters. The molecule has 7 heteroatoms. The Labute approximate surface area is 141 Å². The van der Waals surface area contributed by atoms with Gasteiger partial charge in [0.15, 0.2) is 0 Å². The van der Waals surface area contributed by atoms with Crippen molar-refractivity contribution in [2.24, 2.45) is 0 Å².